The maximum atomic E-state index is 12.9. The minimum Gasteiger partial charge on any atom is -0.324 e. The number of sulfonamides is 1. The minimum absolute atomic E-state index is 0.00524. The Morgan fingerprint density at radius 1 is 0.926 bits per heavy atom. The highest BCUT2D eigenvalue weighted by Gasteiger charge is 2.23. The van der Waals surface area contributed by atoms with Crippen molar-refractivity contribution in [2.75, 3.05) is 15.4 Å². The molecule has 2 aromatic carbocycles. The van der Waals surface area contributed by atoms with Crippen molar-refractivity contribution < 1.29 is 18.0 Å². The Morgan fingerprint density at radius 3 is 2.11 bits per heavy atom. The Bertz CT molecular complexity index is 993. The average Bonchev–Trinajstić information content (AvgIpc) is 2.77. The van der Waals surface area contributed by atoms with Gasteiger partial charge in [-0.3, -0.25) is 14.3 Å². The smallest absolute Gasteiger partial charge is 0.261 e. The molecule has 0 unspecified atom stereocenters. The Hall–Kier alpha value is -2.87. The van der Waals surface area contributed by atoms with Gasteiger partial charge in [-0.25, -0.2) is 8.42 Å². The van der Waals surface area contributed by atoms with E-state index >= 15 is 0 Å². The van der Waals surface area contributed by atoms with Crippen LogP contribution in [0.5, 0.6) is 0 Å². The number of rotatable bonds is 5. The predicted octanol–water partition coefficient (Wildman–Crippen LogP) is 2.89. The van der Waals surface area contributed by atoms with E-state index in [0.29, 0.717) is 24.2 Å². The molecule has 3 N–H and O–H groups in total. The summed E-state index contributed by atoms with van der Waals surface area (Å²) >= 11 is 0. The number of benzene rings is 2. The molecule has 8 heteroatoms. The van der Waals surface area contributed by atoms with Crippen LogP contribution in [-0.4, -0.2) is 20.2 Å². The molecule has 7 nitrogen and oxygen atoms in total. The molecule has 1 heterocycles. The molecule has 0 radical (unpaired) electrons. The van der Waals surface area contributed by atoms with Gasteiger partial charge >= 0.3 is 0 Å². The fourth-order valence-electron chi connectivity index (χ4n) is 3.00. The first-order valence-corrected chi connectivity index (χ1v) is 10.2. The number of fused-ring (bicyclic) bond motifs is 1. The van der Waals surface area contributed by atoms with Gasteiger partial charge in [0.1, 0.15) is 6.42 Å². The number of carbonyl (C=O) groups excluding carboxylic acids is 2. The maximum Gasteiger partial charge on any atom is 0.261 e. The first-order chi connectivity index (χ1) is 12.8. The summed E-state index contributed by atoms with van der Waals surface area (Å²) in [7, 11) is -3.87. The summed E-state index contributed by atoms with van der Waals surface area (Å²) in [4.78, 5) is 23.4. The van der Waals surface area contributed by atoms with Crippen LogP contribution in [0.2, 0.25) is 0 Å². The van der Waals surface area contributed by atoms with Crippen LogP contribution >= 0.6 is 0 Å². The molecule has 0 fully saturated rings. The van der Waals surface area contributed by atoms with E-state index in [1.165, 1.54) is 18.2 Å². The molecule has 2 amide bonds. The quantitative estimate of drug-likeness (QED) is 0.686. The summed E-state index contributed by atoms with van der Waals surface area (Å²) in [5.41, 5.74) is 3.04. The van der Waals surface area contributed by atoms with Gasteiger partial charge in [0, 0.05) is 0 Å². The third-order valence-corrected chi connectivity index (χ3v) is 5.75. The third-order valence-electron chi connectivity index (χ3n) is 4.41. The third kappa shape index (κ3) is 3.95. The number of anilines is 3. The van der Waals surface area contributed by atoms with Crippen molar-refractivity contribution in [1.29, 1.82) is 0 Å². The second-order valence-electron chi connectivity index (χ2n) is 6.24. The number of para-hydroxylation sites is 1. The first-order valence-electron chi connectivity index (χ1n) is 8.71. The number of hydrogen-bond acceptors (Lipinski definition) is 4. The normalized spacial score (nSPS) is 14.0. The Balaban J connectivity index is 2.00. The van der Waals surface area contributed by atoms with Crippen LogP contribution in [0.1, 0.15) is 31.4 Å². The second-order valence-corrected chi connectivity index (χ2v) is 7.93. The van der Waals surface area contributed by atoms with Crippen LogP contribution in [0.15, 0.2) is 41.3 Å². The summed E-state index contributed by atoms with van der Waals surface area (Å²) in [6, 6.07) is 9.92. The van der Waals surface area contributed by atoms with Crippen molar-refractivity contribution in [3.05, 3.63) is 47.5 Å². The van der Waals surface area contributed by atoms with Gasteiger partial charge in [-0.2, -0.15) is 0 Å². The number of carbonyl (C=O) groups is 2. The van der Waals surface area contributed by atoms with E-state index in [1.54, 1.807) is 0 Å². The molecule has 1 aliphatic rings. The Kier molecular flexibility index (Phi) is 5.18. The van der Waals surface area contributed by atoms with Crippen LogP contribution in [0.3, 0.4) is 0 Å². The van der Waals surface area contributed by atoms with Gasteiger partial charge in [0.25, 0.3) is 10.0 Å². The number of hydrogen-bond donors (Lipinski definition) is 3. The monoisotopic (exact) mass is 387 g/mol. The lowest BCUT2D eigenvalue weighted by Crippen LogP contribution is -2.16. The van der Waals surface area contributed by atoms with Gasteiger partial charge in [0.15, 0.2) is 0 Å². The van der Waals surface area contributed by atoms with Crippen LogP contribution < -0.4 is 15.4 Å². The van der Waals surface area contributed by atoms with Crippen LogP contribution in [0, 0.1) is 0 Å². The highest BCUT2D eigenvalue weighted by Crippen LogP contribution is 2.30. The lowest BCUT2D eigenvalue weighted by Gasteiger charge is -2.16. The van der Waals surface area contributed by atoms with Crippen LogP contribution in [-0.2, 0) is 32.5 Å². The maximum absolute atomic E-state index is 12.9. The van der Waals surface area contributed by atoms with Crippen molar-refractivity contribution in [3.8, 4) is 0 Å². The molecule has 0 saturated carbocycles. The zero-order chi connectivity index (χ0) is 19.6. The van der Waals surface area contributed by atoms with Crippen molar-refractivity contribution in [3.63, 3.8) is 0 Å². The largest absolute Gasteiger partial charge is 0.324 e. The topological polar surface area (TPSA) is 104 Å². The molecule has 2 aromatic rings. The summed E-state index contributed by atoms with van der Waals surface area (Å²) in [5.74, 6) is -0.928. The highest BCUT2D eigenvalue weighted by atomic mass is 32.2. The molecule has 3 rings (SSSR count). The first kappa shape index (κ1) is 18.9. The number of amides is 2. The zero-order valence-electron chi connectivity index (χ0n) is 15.1. The molecule has 0 aliphatic carbocycles. The van der Waals surface area contributed by atoms with E-state index in [0.717, 1.165) is 11.1 Å². The summed E-state index contributed by atoms with van der Waals surface area (Å²) in [6.07, 6.45) is 1.08. The van der Waals surface area contributed by atoms with Gasteiger partial charge in [0.2, 0.25) is 11.8 Å². The Labute approximate surface area is 158 Å². The molecular weight excluding hydrogens is 366 g/mol. The number of aryl methyl sites for hydroxylation is 2. The summed E-state index contributed by atoms with van der Waals surface area (Å²) in [6.45, 7) is 3.93. The van der Waals surface area contributed by atoms with E-state index < -0.39 is 21.8 Å². The number of nitrogens with one attached hydrogen (secondary N) is 3. The molecule has 0 spiro atoms. The van der Waals surface area contributed by atoms with Crippen molar-refractivity contribution >= 4 is 38.9 Å². The van der Waals surface area contributed by atoms with Gasteiger partial charge in [0.05, 0.1) is 22.0 Å². The predicted molar refractivity (Wildman–Crippen MR) is 104 cm³/mol. The van der Waals surface area contributed by atoms with Gasteiger partial charge in [-0.15, -0.1) is 0 Å². The fourth-order valence-corrected chi connectivity index (χ4v) is 4.17. The van der Waals surface area contributed by atoms with Crippen molar-refractivity contribution in [1.82, 2.24) is 0 Å². The van der Waals surface area contributed by atoms with E-state index in [1.807, 2.05) is 32.0 Å². The Morgan fingerprint density at radius 2 is 1.52 bits per heavy atom. The molecule has 1 aliphatic heterocycles. The van der Waals surface area contributed by atoms with E-state index in [-0.39, 0.29) is 17.0 Å². The molecule has 0 aromatic heterocycles. The zero-order valence-corrected chi connectivity index (χ0v) is 15.9. The van der Waals surface area contributed by atoms with Crippen molar-refractivity contribution in [2.45, 2.75) is 38.0 Å². The highest BCUT2D eigenvalue weighted by molar-refractivity contribution is 7.92. The molecule has 27 heavy (non-hydrogen) atoms. The van der Waals surface area contributed by atoms with Crippen LogP contribution in [0.4, 0.5) is 17.1 Å². The molecule has 0 atom stereocenters. The molecule has 0 saturated heterocycles. The second kappa shape index (κ2) is 7.40. The van der Waals surface area contributed by atoms with Crippen molar-refractivity contribution in [2.24, 2.45) is 0 Å². The van der Waals surface area contributed by atoms with Gasteiger partial charge in [-0.05, 0) is 42.2 Å². The molecular formula is C19H21N3O4S. The minimum atomic E-state index is -3.87. The van der Waals surface area contributed by atoms with E-state index in [4.69, 9.17) is 0 Å². The molecule has 0 bridgehead atoms. The van der Waals surface area contributed by atoms with E-state index in [2.05, 4.69) is 15.4 Å². The average molecular weight is 387 g/mol. The van der Waals surface area contributed by atoms with Gasteiger partial charge < -0.3 is 10.6 Å². The summed E-state index contributed by atoms with van der Waals surface area (Å²) in [5, 5.41) is 5.14. The standard InChI is InChI=1S/C19H21N3O4S/c1-3-12-6-5-7-13(4-2)19(12)22-27(25,26)14-8-9-15-16(10-14)21-18(24)11-17(23)20-15/h5-10,22H,3-4,11H2,1-2H3,(H,20,23)(H,21,24). The lowest BCUT2D eigenvalue weighted by molar-refractivity contribution is -0.123. The lowest BCUT2D eigenvalue weighted by atomic mass is 10.0. The summed E-state index contributed by atoms with van der Waals surface area (Å²) < 4.78 is 28.6. The van der Waals surface area contributed by atoms with Crippen LogP contribution in [0.25, 0.3) is 0 Å². The van der Waals surface area contributed by atoms with Gasteiger partial charge in [-0.1, -0.05) is 32.0 Å². The van der Waals surface area contributed by atoms with E-state index in [9.17, 15) is 18.0 Å². The SMILES string of the molecule is CCc1cccc(CC)c1NS(=O)(=O)c1ccc2c(c1)NC(=O)CC(=O)N2. The molecule has 142 valence electrons. The fraction of sp³-hybridized carbons (Fsp3) is 0.263.